The summed E-state index contributed by atoms with van der Waals surface area (Å²) in [6.07, 6.45) is 3.60. The average Bonchev–Trinajstić information content (AvgIpc) is 3.29. The van der Waals surface area contributed by atoms with E-state index in [0.29, 0.717) is 22.8 Å². The van der Waals surface area contributed by atoms with E-state index in [0.717, 1.165) is 27.7 Å². The van der Waals surface area contributed by atoms with Crippen LogP contribution in [0.4, 0.5) is 0 Å². The van der Waals surface area contributed by atoms with Crippen molar-refractivity contribution >= 4 is 16.8 Å². The highest BCUT2D eigenvalue weighted by Gasteiger charge is 2.22. The molecule has 8 nitrogen and oxygen atoms in total. The highest BCUT2D eigenvalue weighted by atomic mass is 16.5. The van der Waals surface area contributed by atoms with E-state index in [-0.39, 0.29) is 0 Å². The van der Waals surface area contributed by atoms with Crippen LogP contribution >= 0.6 is 0 Å². The molecule has 0 aliphatic heterocycles. The lowest BCUT2D eigenvalue weighted by atomic mass is 10.1. The van der Waals surface area contributed by atoms with Gasteiger partial charge in [0.05, 0.1) is 31.5 Å². The molecule has 2 heterocycles. The number of amides is 1. The zero-order chi connectivity index (χ0) is 20.7. The Kier molecular flexibility index (Phi) is 4.46. The molecular weight excluding hydrogens is 370 g/mol. The number of primary amides is 1. The van der Waals surface area contributed by atoms with Gasteiger partial charge in [0.1, 0.15) is 22.9 Å². The number of ether oxygens (including phenoxy) is 2. The Labute approximate surface area is 167 Å². The summed E-state index contributed by atoms with van der Waals surface area (Å²) in [6.45, 7) is 1.99. The Balaban J connectivity index is 2.12. The number of rotatable bonds is 5. The second kappa shape index (κ2) is 6.97. The number of methoxy groups -OCH3 is 2. The molecule has 4 aromatic rings. The lowest BCUT2D eigenvalue weighted by molar-refractivity contribution is 0.0997. The van der Waals surface area contributed by atoms with Crippen LogP contribution in [0.2, 0.25) is 0 Å². The van der Waals surface area contributed by atoms with Gasteiger partial charge < -0.3 is 15.2 Å². The standard InChI is InChI=1S/C21H21N5O3/c1-12-6-5-7-17(28-3)20(12)26-16-9-18(29-4)15(21(22)27)8-14(16)19(24-26)13-10-23-25(2)11-13/h5-11H,1-4H3,(H2,22,27). The molecular formula is C21H21N5O3. The van der Waals surface area contributed by atoms with Crippen molar-refractivity contribution < 1.29 is 14.3 Å². The number of para-hydroxylation sites is 1. The van der Waals surface area contributed by atoms with Gasteiger partial charge in [-0.15, -0.1) is 0 Å². The molecule has 0 fully saturated rings. The second-order valence-corrected chi connectivity index (χ2v) is 6.72. The number of hydrogen-bond acceptors (Lipinski definition) is 5. The number of nitrogens with zero attached hydrogens (tertiary/aromatic N) is 4. The maximum absolute atomic E-state index is 12.0. The molecule has 0 bridgehead atoms. The first-order valence-corrected chi connectivity index (χ1v) is 8.98. The number of fused-ring (bicyclic) bond motifs is 1. The van der Waals surface area contributed by atoms with Crippen LogP contribution in [0.15, 0.2) is 42.7 Å². The lowest BCUT2D eigenvalue weighted by Gasteiger charge is -2.13. The van der Waals surface area contributed by atoms with Crippen LogP contribution < -0.4 is 15.2 Å². The van der Waals surface area contributed by atoms with Gasteiger partial charge in [0.25, 0.3) is 5.91 Å². The third-order valence-electron chi connectivity index (χ3n) is 4.88. The molecule has 0 spiro atoms. The van der Waals surface area contributed by atoms with Gasteiger partial charge in [-0.2, -0.15) is 10.2 Å². The monoisotopic (exact) mass is 391 g/mol. The third kappa shape index (κ3) is 2.98. The maximum atomic E-state index is 12.0. The van der Waals surface area contributed by atoms with Crippen molar-refractivity contribution in [3.05, 3.63) is 53.9 Å². The molecule has 2 N–H and O–H groups in total. The van der Waals surface area contributed by atoms with Gasteiger partial charge in [-0.3, -0.25) is 9.48 Å². The van der Waals surface area contributed by atoms with Crippen LogP contribution in [0.1, 0.15) is 15.9 Å². The quantitative estimate of drug-likeness (QED) is 0.564. The molecule has 1 amide bonds. The molecule has 29 heavy (non-hydrogen) atoms. The largest absolute Gasteiger partial charge is 0.496 e. The van der Waals surface area contributed by atoms with Crippen molar-refractivity contribution in [3.63, 3.8) is 0 Å². The van der Waals surface area contributed by atoms with Crippen LogP contribution in [-0.4, -0.2) is 39.7 Å². The minimum Gasteiger partial charge on any atom is -0.496 e. The van der Waals surface area contributed by atoms with Gasteiger partial charge >= 0.3 is 0 Å². The molecule has 0 atom stereocenters. The van der Waals surface area contributed by atoms with Gasteiger partial charge in [0.2, 0.25) is 0 Å². The van der Waals surface area contributed by atoms with Crippen molar-refractivity contribution in [2.24, 2.45) is 12.8 Å². The van der Waals surface area contributed by atoms with Gasteiger partial charge in [-0.1, -0.05) is 12.1 Å². The SMILES string of the molecule is COc1cc2c(cc1C(N)=O)c(-c1cnn(C)c1)nn2-c1c(C)cccc1OC. The van der Waals surface area contributed by atoms with E-state index in [1.165, 1.54) is 7.11 Å². The summed E-state index contributed by atoms with van der Waals surface area (Å²) >= 11 is 0. The van der Waals surface area contributed by atoms with E-state index in [4.69, 9.17) is 20.3 Å². The molecule has 2 aromatic heterocycles. The van der Waals surface area contributed by atoms with E-state index in [2.05, 4.69) is 5.10 Å². The second-order valence-electron chi connectivity index (χ2n) is 6.72. The Morgan fingerprint density at radius 2 is 1.90 bits per heavy atom. The third-order valence-corrected chi connectivity index (χ3v) is 4.88. The summed E-state index contributed by atoms with van der Waals surface area (Å²) in [5.41, 5.74) is 9.94. The molecule has 4 rings (SSSR count). The molecule has 2 aromatic carbocycles. The Morgan fingerprint density at radius 1 is 1.14 bits per heavy atom. The smallest absolute Gasteiger partial charge is 0.252 e. The van der Waals surface area contributed by atoms with Gasteiger partial charge in [0, 0.05) is 30.3 Å². The van der Waals surface area contributed by atoms with Crippen molar-refractivity contribution in [2.45, 2.75) is 6.92 Å². The summed E-state index contributed by atoms with van der Waals surface area (Å²) in [4.78, 5) is 12.0. The number of hydrogen-bond donors (Lipinski definition) is 1. The fourth-order valence-corrected chi connectivity index (χ4v) is 3.50. The molecule has 0 saturated heterocycles. The first kappa shape index (κ1) is 18.5. The minimum absolute atomic E-state index is 0.293. The number of nitrogens with two attached hydrogens (primary N) is 1. The molecule has 8 heteroatoms. The fourth-order valence-electron chi connectivity index (χ4n) is 3.50. The molecule has 0 radical (unpaired) electrons. The highest BCUT2D eigenvalue weighted by molar-refractivity contribution is 6.04. The molecule has 0 saturated carbocycles. The van der Waals surface area contributed by atoms with Gasteiger partial charge in [-0.25, -0.2) is 4.68 Å². The van der Waals surface area contributed by atoms with Crippen LogP contribution in [0.5, 0.6) is 11.5 Å². The van der Waals surface area contributed by atoms with Gasteiger partial charge in [0.15, 0.2) is 0 Å². The molecule has 0 aliphatic carbocycles. The normalized spacial score (nSPS) is 11.0. The van der Waals surface area contributed by atoms with Crippen LogP contribution in [-0.2, 0) is 7.05 Å². The van der Waals surface area contributed by atoms with Gasteiger partial charge in [-0.05, 0) is 24.6 Å². The number of aryl methyl sites for hydroxylation is 2. The van der Waals surface area contributed by atoms with Crippen LogP contribution in [0.3, 0.4) is 0 Å². The highest BCUT2D eigenvalue weighted by Crippen LogP contribution is 2.37. The topological polar surface area (TPSA) is 97.2 Å². The van der Waals surface area contributed by atoms with E-state index in [1.807, 2.05) is 38.4 Å². The van der Waals surface area contributed by atoms with Crippen molar-refractivity contribution in [1.29, 1.82) is 0 Å². The fraction of sp³-hybridized carbons (Fsp3) is 0.190. The summed E-state index contributed by atoms with van der Waals surface area (Å²) in [5, 5.41) is 9.88. The van der Waals surface area contributed by atoms with E-state index in [1.54, 1.807) is 34.8 Å². The summed E-state index contributed by atoms with van der Waals surface area (Å²) < 4.78 is 14.5. The molecule has 0 unspecified atom stereocenters. The summed E-state index contributed by atoms with van der Waals surface area (Å²) in [6, 6.07) is 9.29. The van der Waals surface area contributed by atoms with Crippen LogP contribution in [0, 0.1) is 6.92 Å². The maximum Gasteiger partial charge on any atom is 0.252 e. The summed E-state index contributed by atoms with van der Waals surface area (Å²) in [7, 11) is 4.97. The molecule has 148 valence electrons. The van der Waals surface area contributed by atoms with E-state index >= 15 is 0 Å². The summed E-state index contributed by atoms with van der Waals surface area (Å²) in [5.74, 6) is 0.503. The number of carbonyl (C=O) groups is 1. The molecule has 0 aliphatic rings. The van der Waals surface area contributed by atoms with E-state index in [9.17, 15) is 4.79 Å². The van der Waals surface area contributed by atoms with Crippen molar-refractivity contribution in [2.75, 3.05) is 14.2 Å². The Hall–Kier alpha value is -3.81. The number of benzene rings is 2. The first-order chi connectivity index (χ1) is 13.9. The van der Waals surface area contributed by atoms with Crippen LogP contribution in [0.25, 0.3) is 27.8 Å². The van der Waals surface area contributed by atoms with Crippen molar-refractivity contribution in [1.82, 2.24) is 19.6 Å². The first-order valence-electron chi connectivity index (χ1n) is 8.98. The predicted octanol–water partition coefficient (Wildman–Crippen LogP) is 2.85. The predicted molar refractivity (Wildman–Crippen MR) is 110 cm³/mol. The average molecular weight is 391 g/mol. The minimum atomic E-state index is -0.567. The van der Waals surface area contributed by atoms with Crippen molar-refractivity contribution in [3.8, 4) is 28.4 Å². The number of aromatic nitrogens is 4. The lowest BCUT2D eigenvalue weighted by Crippen LogP contribution is -2.12. The zero-order valence-corrected chi connectivity index (χ0v) is 16.6. The Morgan fingerprint density at radius 3 is 2.52 bits per heavy atom. The number of carbonyl (C=O) groups excluding carboxylic acids is 1. The zero-order valence-electron chi connectivity index (χ0n) is 16.6. The van der Waals surface area contributed by atoms with E-state index < -0.39 is 5.91 Å². The Bertz CT molecular complexity index is 1240.